The monoisotopic (exact) mass is 533 g/mol. The second kappa shape index (κ2) is 13.4. The lowest BCUT2D eigenvalue weighted by atomic mass is 10.0. The van der Waals surface area contributed by atoms with Gasteiger partial charge in [-0.25, -0.2) is 4.21 Å². The van der Waals surface area contributed by atoms with Crippen LogP contribution >= 0.6 is 0 Å². The maximum atomic E-state index is 12.8. The van der Waals surface area contributed by atoms with Crippen LogP contribution in [0.1, 0.15) is 16.7 Å². The van der Waals surface area contributed by atoms with Crippen molar-refractivity contribution in [3.8, 4) is 11.5 Å². The Morgan fingerprint density at radius 2 is 1.57 bits per heavy atom. The van der Waals surface area contributed by atoms with Gasteiger partial charge < -0.3 is 33.7 Å². The summed E-state index contributed by atoms with van der Waals surface area (Å²) in [6.07, 6.45) is 0. The number of methoxy groups -OCH3 is 4. The van der Waals surface area contributed by atoms with Crippen molar-refractivity contribution in [3.05, 3.63) is 53.1 Å². The number of para-hydroxylation sites is 1. The van der Waals surface area contributed by atoms with Gasteiger partial charge in [0.05, 0.1) is 52.0 Å². The Morgan fingerprint density at radius 1 is 0.946 bits per heavy atom. The summed E-state index contributed by atoms with van der Waals surface area (Å²) >= 11 is -2.16. The van der Waals surface area contributed by atoms with E-state index in [-0.39, 0.29) is 18.2 Å². The first-order valence-corrected chi connectivity index (χ1v) is 13.0. The number of benzene rings is 2. The van der Waals surface area contributed by atoms with Crippen LogP contribution in [0, 0.1) is 0 Å². The maximum absolute atomic E-state index is 12.8. The fraction of sp³-hybridized carbons (Fsp3) is 0.423. The van der Waals surface area contributed by atoms with Crippen LogP contribution in [-0.2, 0) is 31.1 Å². The molecule has 1 atom stereocenters. The van der Waals surface area contributed by atoms with Crippen molar-refractivity contribution in [2.45, 2.75) is 5.75 Å². The second-order valence-electron chi connectivity index (χ2n) is 8.57. The SMILES string of the molecule is COC(=C(OC)c1ccccc1OC)c1cc(OC)c(NC(=O)CN2CCN(C)CC2)cc1CS(=O)O. The van der Waals surface area contributed by atoms with Crippen molar-refractivity contribution in [2.75, 3.05) is 73.5 Å². The molecule has 0 aliphatic carbocycles. The highest BCUT2D eigenvalue weighted by molar-refractivity contribution is 7.78. The third-order valence-electron chi connectivity index (χ3n) is 6.15. The lowest BCUT2D eigenvalue weighted by Crippen LogP contribution is -2.47. The van der Waals surface area contributed by atoms with Gasteiger partial charge in [-0.2, -0.15) is 0 Å². The molecular weight excluding hydrogens is 498 g/mol. The minimum atomic E-state index is -2.16. The summed E-state index contributed by atoms with van der Waals surface area (Å²) in [6.45, 7) is 3.65. The molecule has 0 aromatic heterocycles. The summed E-state index contributed by atoms with van der Waals surface area (Å²) in [5, 5.41) is 2.90. The fourth-order valence-electron chi connectivity index (χ4n) is 4.24. The Balaban J connectivity index is 2.04. The molecule has 2 aromatic rings. The van der Waals surface area contributed by atoms with E-state index < -0.39 is 11.1 Å². The van der Waals surface area contributed by atoms with E-state index in [0.29, 0.717) is 45.4 Å². The number of likely N-dealkylation sites (N-methyl/N-ethyl adjacent to an activating group) is 1. The molecule has 1 saturated heterocycles. The zero-order valence-corrected chi connectivity index (χ0v) is 22.7. The summed E-state index contributed by atoms with van der Waals surface area (Å²) in [6, 6.07) is 10.6. The largest absolute Gasteiger partial charge is 0.496 e. The minimum Gasteiger partial charge on any atom is -0.496 e. The molecule has 1 unspecified atom stereocenters. The van der Waals surface area contributed by atoms with Crippen molar-refractivity contribution in [2.24, 2.45) is 0 Å². The van der Waals surface area contributed by atoms with Crippen LogP contribution < -0.4 is 14.8 Å². The fourth-order valence-corrected chi connectivity index (χ4v) is 4.74. The molecule has 11 heteroatoms. The molecule has 10 nitrogen and oxygen atoms in total. The Kier molecular flexibility index (Phi) is 10.3. The van der Waals surface area contributed by atoms with Crippen LogP contribution in [-0.4, -0.2) is 92.7 Å². The van der Waals surface area contributed by atoms with Gasteiger partial charge in [0.15, 0.2) is 22.6 Å². The highest BCUT2D eigenvalue weighted by Gasteiger charge is 2.24. The third kappa shape index (κ3) is 7.22. The number of rotatable bonds is 11. The lowest BCUT2D eigenvalue weighted by molar-refractivity contribution is -0.117. The number of hydrogen-bond acceptors (Lipinski definition) is 8. The zero-order valence-electron chi connectivity index (χ0n) is 21.9. The number of nitrogens with one attached hydrogen (secondary N) is 1. The summed E-state index contributed by atoms with van der Waals surface area (Å²) in [4.78, 5) is 17.2. The van der Waals surface area contributed by atoms with Crippen LogP contribution in [0.4, 0.5) is 5.69 Å². The molecule has 1 aliphatic rings. The van der Waals surface area contributed by atoms with E-state index in [0.717, 1.165) is 26.2 Å². The van der Waals surface area contributed by atoms with E-state index in [1.807, 2.05) is 18.2 Å². The number of carbonyl (C=O) groups excluding carboxylic acids is 1. The number of amides is 1. The van der Waals surface area contributed by atoms with Gasteiger partial charge in [0.1, 0.15) is 11.5 Å². The maximum Gasteiger partial charge on any atom is 0.238 e. The van der Waals surface area contributed by atoms with Gasteiger partial charge in [-0.1, -0.05) is 12.1 Å². The average molecular weight is 534 g/mol. The summed E-state index contributed by atoms with van der Waals surface area (Å²) < 4.78 is 44.2. The molecule has 1 amide bonds. The molecule has 0 bridgehead atoms. The van der Waals surface area contributed by atoms with E-state index >= 15 is 0 Å². The predicted molar refractivity (Wildman–Crippen MR) is 144 cm³/mol. The summed E-state index contributed by atoms with van der Waals surface area (Å²) in [5.41, 5.74) is 2.00. The number of nitrogens with zero attached hydrogens (tertiary/aromatic N) is 2. The standard InChI is InChI=1S/C26H35N3O7S/c1-28-10-12-29(13-11-28)16-24(30)27-21-14-18(17-37(31)32)20(15-23(21)34-3)26(36-5)25(35-4)19-8-6-7-9-22(19)33-2/h6-9,14-15H,10-13,16-17H2,1-5H3,(H,27,30)(H,31,32). The van der Waals surface area contributed by atoms with Crippen LogP contribution in [0.25, 0.3) is 11.5 Å². The molecule has 2 aromatic carbocycles. The van der Waals surface area contributed by atoms with E-state index in [2.05, 4.69) is 22.2 Å². The topological polar surface area (TPSA) is 110 Å². The lowest BCUT2D eigenvalue weighted by Gasteiger charge is -2.31. The Hall–Kier alpha value is -3.12. The Bertz CT molecular complexity index is 1150. The van der Waals surface area contributed by atoms with Crippen LogP contribution in [0.5, 0.6) is 11.5 Å². The number of anilines is 1. The molecule has 1 fully saturated rings. The van der Waals surface area contributed by atoms with Crippen LogP contribution in [0.2, 0.25) is 0 Å². The molecule has 0 radical (unpaired) electrons. The average Bonchev–Trinajstić information content (AvgIpc) is 2.88. The van der Waals surface area contributed by atoms with Gasteiger partial charge in [0.2, 0.25) is 5.91 Å². The molecule has 37 heavy (non-hydrogen) atoms. The predicted octanol–water partition coefficient (Wildman–Crippen LogP) is 2.73. The number of carbonyl (C=O) groups is 1. The van der Waals surface area contributed by atoms with E-state index in [9.17, 15) is 13.6 Å². The summed E-state index contributed by atoms with van der Waals surface area (Å²) in [7, 11) is 8.10. The molecule has 1 heterocycles. The number of piperazine rings is 1. The molecule has 0 spiro atoms. The van der Waals surface area contributed by atoms with Crippen molar-refractivity contribution >= 4 is 34.2 Å². The van der Waals surface area contributed by atoms with Crippen LogP contribution in [0.3, 0.4) is 0 Å². The molecule has 0 saturated carbocycles. The summed E-state index contributed by atoms with van der Waals surface area (Å²) in [5.74, 6) is 1.25. The van der Waals surface area contributed by atoms with E-state index in [1.165, 1.54) is 21.3 Å². The van der Waals surface area contributed by atoms with Crippen molar-refractivity contribution in [1.82, 2.24) is 9.80 Å². The smallest absolute Gasteiger partial charge is 0.238 e. The van der Waals surface area contributed by atoms with Crippen molar-refractivity contribution in [3.63, 3.8) is 0 Å². The van der Waals surface area contributed by atoms with E-state index in [1.54, 1.807) is 25.3 Å². The van der Waals surface area contributed by atoms with E-state index in [4.69, 9.17) is 18.9 Å². The zero-order chi connectivity index (χ0) is 26.9. The molecule has 2 N–H and O–H groups in total. The first kappa shape index (κ1) is 28.5. The first-order chi connectivity index (χ1) is 17.8. The molecular formula is C26H35N3O7S. The molecule has 3 rings (SSSR count). The highest BCUT2D eigenvalue weighted by Crippen LogP contribution is 2.38. The Labute approximate surface area is 220 Å². The first-order valence-electron chi connectivity index (χ1n) is 11.8. The number of ether oxygens (including phenoxy) is 4. The highest BCUT2D eigenvalue weighted by atomic mass is 32.2. The van der Waals surface area contributed by atoms with Gasteiger partial charge in [0, 0.05) is 31.7 Å². The van der Waals surface area contributed by atoms with Gasteiger partial charge in [0.25, 0.3) is 0 Å². The van der Waals surface area contributed by atoms with Gasteiger partial charge in [-0.15, -0.1) is 0 Å². The third-order valence-corrected chi connectivity index (χ3v) is 6.71. The van der Waals surface area contributed by atoms with Crippen LogP contribution in [0.15, 0.2) is 36.4 Å². The number of hydrogen-bond donors (Lipinski definition) is 2. The van der Waals surface area contributed by atoms with Gasteiger partial charge in [-0.05, 0) is 36.9 Å². The van der Waals surface area contributed by atoms with Crippen molar-refractivity contribution in [1.29, 1.82) is 0 Å². The van der Waals surface area contributed by atoms with Crippen molar-refractivity contribution < 1.29 is 32.5 Å². The second-order valence-corrected chi connectivity index (χ2v) is 9.50. The molecule has 1 aliphatic heterocycles. The minimum absolute atomic E-state index is 0.194. The van der Waals surface area contributed by atoms with Gasteiger partial charge >= 0.3 is 0 Å². The Morgan fingerprint density at radius 3 is 2.16 bits per heavy atom. The molecule has 202 valence electrons. The quantitative estimate of drug-likeness (QED) is 0.256. The van der Waals surface area contributed by atoms with Gasteiger partial charge in [-0.3, -0.25) is 9.69 Å². The normalized spacial score (nSPS) is 15.9.